The number of unbranched alkanes of at least 4 members (excludes halogenated alkanes) is 11. The summed E-state index contributed by atoms with van der Waals surface area (Å²) in [7, 11) is 0. The number of thioether (sulfide) groups is 1. The van der Waals surface area contributed by atoms with E-state index in [4.69, 9.17) is 24.2 Å². The highest BCUT2D eigenvalue weighted by Crippen LogP contribution is 2.62. The second-order valence-corrected chi connectivity index (χ2v) is 17.9. The van der Waals surface area contributed by atoms with Crippen LogP contribution in [0, 0.1) is 17.8 Å². The number of fused-ring (bicyclic) bond motifs is 2. The topological polar surface area (TPSA) is 132 Å². The Morgan fingerprint density at radius 2 is 1.68 bits per heavy atom. The average Bonchev–Trinajstić information content (AvgIpc) is 3.26. The first kappa shape index (κ1) is 47.7. The van der Waals surface area contributed by atoms with Crippen LogP contribution in [0.5, 0.6) is 11.5 Å². The number of aliphatic hydroxyl groups excluding tert-OH is 2. The lowest BCUT2D eigenvalue weighted by Crippen LogP contribution is -2.64. The summed E-state index contributed by atoms with van der Waals surface area (Å²) < 4.78 is 20.3. The molecule has 1 aromatic heterocycles. The van der Waals surface area contributed by atoms with Crippen molar-refractivity contribution in [3.8, 4) is 11.5 Å². The first-order valence-corrected chi connectivity index (χ1v) is 24.2. The quantitative estimate of drug-likeness (QED) is 0.0416. The predicted octanol–water partition coefficient (Wildman–Crippen LogP) is 10.7. The summed E-state index contributed by atoms with van der Waals surface area (Å²) in [5.74, 6) is 1.00. The minimum atomic E-state index is -1.05. The van der Waals surface area contributed by atoms with E-state index in [1.807, 2.05) is 49.3 Å². The van der Waals surface area contributed by atoms with Gasteiger partial charge in [-0.2, -0.15) is 11.8 Å². The number of allylic oxidation sites excluding steroid dienone is 1. The highest BCUT2D eigenvalue weighted by Gasteiger charge is 2.64. The number of aliphatic hydroxyl groups is 2. The number of benzene rings is 1. The molecule has 0 radical (unpaired) electrons. The molecule has 5 rings (SSSR count). The standard InChI is InChI=1S/C49H73N3O7S/c1-4-7-8-9-10-11-12-13-14-17-27-51-48(55)58-39-22-23-44-42(35-39)46-40(21-16-19-31-54)38(20-15-18-30-53)34-41-43(52-57-6-3)36-45(49(59-44,47(41)46)56-32-5-2)60-33-26-37-24-28-50-29-25-37/h5,22-25,28-29,34-35,38,40,45-47,53-54H,2,4,6-21,26-27,30-33,36H2,1,3H3,(H,51,55). The summed E-state index contributed by atoms with van der Waals surface area (Å²) in [6.45, 7) is 9.87. The number of pyridine rings is 1. The van der Waals surface area contributed by atoms with Crippen LogP contribution in [-0.4, -0.2) is 76.8 Å². The number of amides is 1. The third-order valence-corrected chi connectivity index (χ3v) is 13.7. The zero-order chi connectivity index (χ0) is 42.4. The monoisotopic (exact) mass is 848 g/mol. The highest BCUT2D eigenvalue weighted by atomic mass is 32.2. The number of hydrogen-bond acceptors (Lipinski definition) is 10. The largest absolute Gasteiger partial charge is 0.460 e. The lowest BCUT2D eigenvalue weighted by molar-refractivity contribution is -0.223. The molecule has 1 amide bonds. The first-order valence-electron chi connectivity index (χ1n) is 23.2. The third kappa shape index (κ3) is 13.3. The Kier molecular flexibility index (Phi) is 20.8. The van der Waals surface area contributed by atoms with Gasteiger partial charge >= 0.3 is 6.09 Å². The van der Waals surface area contributed by atoms with E-state index < -0.39 is 11.9 Å². The normalized spacial score (nSPS) is 23.6. The maximum absolute atomic E-state index is 13.2. The van der Waals surface area contributed by atoms with Crippen molar-refractivity contribution in [2.45, 2.75) is 146 Å². The Morgan fingerprint density at radius 3 is 2.38 bits per heavy atom. The molecule has 0 bridgehead atoms. The maximum atomic E-state index is 13.2. The van der Waals surface area contributed by atoms with E-state index in [2.05, 4.69) is 42.0 Å². The summed E-state index contributed by atoms with van der Waals surface area (Å²) in [5, 5.41) is 27.4. The van der Waals surface area contributed by atoms with E-state index in [1.165, 1.54) is 56.9 Å². The molecular formula is C49H73N3O7S. The molecule has 1 fully saturated rings. The second-order valence-electron chi connectivity index (χ2n) is 16.6. The van der Waals surface area contributed by atoms with Crippen molar-refractivity contribution in [3.63, 3.8) is 0 Å². The molecule has 1 saturated carbocycles. The van der Waals surface area contributed by atoms with Gasteiger partial charge in [0.25, 0.3) is 0 Å². The molecule has 1 aliphatic heterocycles. The molecule has 6 unspecified atom stereocenters. The van der Waals surface area contributed by atoms with E-state index in [0.29, 0.717) is 38.3 Å². The summed E-state index contributed by atoms with van der Waals surface area (Å²) in [4.78, 5) is 23.2. The van der Waals surface area contributed by atoms with Crippen molar-refractivity contribution in [1.82, 2.24) is 10.3 Å². The van der Waals surface area contributed by atoms with Crippen LogP contribution < -0.4 is 14.8 Å². The summed E-state index contributed by atoms with van der Waals surface area (Å²) in [6.07, 6.45) is 26.2. The van der Waals surface area contributed by atoms with Crippen molar-refractivity contribution >= 4 is 23.6 Å². The van der Waals surface area contributed by atoms with Crippen molar-refractivity contribution in [2.75, 3.05) is 38.7 Å². The molecule has 3 aliphatic rings. The number of hydrogen-bond donors (Lipinski definition) is 3. The summed E-state index contributed by atoms with van der Waals surface area (Å²) >= 11 is 1.84. The van der Waals surface area contributed by atoms with Gasteiger partial charge in [-0.3, -0.25) is 4.98 Å². The number of oxime groups is 1. The molecule has 0 saturated heterocycles. The molecular weight excluding hydrogens is 775 g/mol. The van der Waals surface area contributed by atoms with Crippen LogP contribution in [-0.2, 0) is 16.0 Å². The number of carbonyl (C=O) groups is 1. The van der Waals surface area contributed by atoms with E-state index in [0.717, 1.165) is 79.7 Å². The van der Waals surface area contributed by atoms with E-state index in [9.17, 15) is 15.0 Å². The van der Waals surface area contributed by atoms with E-state index in [-0.39, 0.29) is 42.1 Å². The smallest absolute Gasteiger partial charge is 0.412 e. The van der Waals surface area contributed by atoms with Crippen molar-refractivity contribution in [1.29, 1.82) is 0 Å². The van der Waals surface area contributed by atoms with Gasteiger partial charge in [-0.15, -0.1) is 6.58 Å². The molecule has 332 valence electrons. The SMILES string of the molecule is C=CCOC12Oc3ccc(OC(=O)NCCCCCCCCCCCC)cc3C3C(CCCCO)C(CCCCO)C=C(C(=NOCC)CC1SCCc1ccncc1)C32. The van der Waals surface area contributed by atoms with Gasteiger partial charge in [-0.05, 0) is 105 Å². The van der Waals surface area contributed by atoms with Gasteiger partial charge < -0.3 is 34.6 Å². The minimum absolute atomic E-state index is 0.0786. The molecule has 2 aromatic rings. The number of aryl methyl sites for hydroxylation is 1. The number of nitrogens with one attached hydrogen (secondary N) is 1. The first-order chi connectivity index (χ1) is 29.5. The molecule has 60 heavy (non-hydrogen) atoms. The zero-order valence-corrected chi connectivity index (χ0v) is 37.3. The fourth-order valence-corrected chi connectivity index (χ4v) is 10.9. The highest BCUT2D eigenvalue weighted by molar-refractivity contribution is 8.00. The number of carbonyl (C=O) groups excluding carboxylic acids is 1. The molecule has 0 spiro atoms. The van der Waals surface area contributed by atoms with Crippen LogP contribution in [0.3, 0.4) is 0 Å². The summed E-state index contributed by atoms with van der Waals surface area (Å²) in [5.41, 5.74) is 4.21. The number of ether oxygens (including phenoxy) is 3. The van der Waals surface area contributed by atoms with Gasteiger partial charge in [0.2, 0.25) is 5.79 Å². The Bertz CT molecular complexity index is 1640. The number of aromatic nitrogens is 1. The summed E-state index contributed by atoms with van der Waals surface area (Å²) in [6, 6.07) is 9.90. The van der Waals surface area contributed by atoms with Gasteiger partial charge in [-0.1, -0.05) is 94.9 Å². The van der Waals surface area contributed by atoms with Gasteiger partial charge in [0.1, 0.15) is 18.1 Å². The van der Waals surface area contributed by atoms with E-state index in [1.54, 1.807) is 6.08 Å². The van der Waals surface area contributed by atoms with Gasteiger partial charge in [0, 0.05) is 50.1 Å². The molecule has 3 N–H and O–H groups in total. The minimum Gasteiger partial charge on any atom is -0.460 e. The van der Waals surface area contributed by atoms with Crippen LogP contribution in [0.1, 0.15) is 140 Å². The second kappa shape index (κ2) is 26.2. The maximum Gasteiger partial charge on any atom is 0.412 e. The molecule has 10 nitrogen and oxygen atoms in total. The van der Waals surface area contributed by atoms with Crippen molar-refractivity contribution in [3.05, 3.63) is 78.2 Å². The lowest BCUT2D eigenvalue weighted by atomic mass is 9.56. The molecule has 2 heterocycles. The Hall–Kier alpha value is -3.38. The van der Waals surface area contributed by atoms with Crippen LogP contribution in [0.2, 0.25) is 0 Å². The van der Waals surface area contributed by atoms with Gasteiger partial charge in [0.15, 0.2) is 0 Å². The van der Waals surface area contributed by atoms with Gasteiger partial charge in [-0.25, -0.2) is 4.79 Å². The Morgan fingerprint density at radius 1 is 0.967 bits per heavy atom. The lowest BCUT2D eigenvalue weighted by Gasteiger charge is -2.58. The third-order valence-electron chi connectivity index (χ3n) is 12.4. The molecule has 1 aromatic carbocycles. The van der Waals surface area contributed by atoms with Crippen LogP contribution in [0.4, 0.5) is 4.79 Å². The molecule has 2 aliphatic carbocycles. The van der Waals surface area contributed by atoms with Crippen molar-refractivity contribution in [2.24, 2.45) is 22.9 Å². The van der Waals surface area contributed by atoms with Crippen molar-refractivity contribution < 1.29 is 34.1 Å². The zero-order valence-electron chi connectivity index (χ0n) is 36.5. The Balaban J connectivity index is 1.44. The van der Waals surface area contributed by atoms with E-state index >= 15 is 0 Å². The number of nitrogens with zero attached hydrogens (tertiary/aromatic N) is 2. The fourth-order valence-electron chi connectivity index (χ4n) is 9.50. The van der Waals surface area contributed by atoms with Crippen LogP contribution >= 0.6 is 11.8 Å². The fraction of sp³-hybridized carbons (Fsp3) is 0.653. The van der Waals surface area contributed by atoms with Crippen LogP contribution in [0.25, 0.3) is 0 Å². The van der Waals surface area contributed by atoms with Gasteiger partial charge in [0.05, 0.1) is 23.5 Å². The molecule has 6 atom stereocenters. The average molecular weight is 848 g/mol. The Labute approximate surface area is 364 Å². The number of rotatable bonds is 29. The predicted molar refractivity (Wildman–Crippen MR) is 243 cm³/mol. The molecule has 11 heteroatoms. The van der Waals surface area contributed by atoms with Crippen LogP contribution in [0.15, 0.2) is 72.2 Å².